The minimum Gasteiger partial charge on any atom is -0.495 e. The van der Waals surface area contributed by atoms with E-state index in [1.807, 2.05) is 25.1 Å². The van der Waals surface area contributed by atoms with Crippen LogP contribution in [0.4, 0.5) is 24.5 Å². The van der Waals surface area contributed by atoms with Crippen LogP contribution in [0, 0.1) is 12.7 Å². The van der Waals surface area contributed by atoms with Crippen LogP contribution in [0.1, 0.15) is 36.2 Å². The predicted octanol–water partition coefficient (Wildman–Crippen LogP) is 5.55. The lowest BCUT2D eigenvalue weighted by Crippen LogP contribution is -2.44. The van der Waals surface area contributed by atoms with Crippen molar-refractivity contribution in [2.45, 2.75) is 26.3 Å². The van der Waals surface area contributed by atoms with Gasteiger partial charge in [-0.3, -0.25) is 4.98 Å². The quantitative estimate of drug-likeness (QED) is 0.524. The average molecular weight is 459 g/mol. The zero-order valence-corrected chi connectivity index (χ0v) is 19.3. The minimum absolute atomic E-state index is 0.197. The Morgan fingerprint density at radius 1 is 1.06 bits per heavy atom. The van der Waals surface area contributed by atoms with Crippen molar-refractivity contribution in [3.63, 3.8) is 0 Å². The SMILES string of the molecule is COc1cc2nc(C)cc(NC(C)c3cccc(C(F)F)c3F)c2cc1N1CCN(C)CC1. The molecule has 0 radical (unpaired) electrons. The van der Waals surface area contributed by atoms with E-state index in [-0.39, 0.29) is 5.56 Å². The molecule has 1 aromatic heterocycles. The fraction of sp³-hybridized carbons (Fsp3) is 0.400. The van der Waals surface area contributed by atoms with Gasteiger partial charge < -0.3 is 19.9 Å². The van der Waals surface area contributed by atoms with Gasteiger partial charge in [0.1, 0.15) is 11.6 Å². The molecule has 0 amide bonds. The van der Waals surface area contributed by atoms with Crippen LogP contribution in [0.2, 0.25) is 0 Å². The lowest BCUT2D eigenvalue weighted by Gasteiger charge is -2.35. The number of hydrogen-bond acceptors (Lipinski definition) is 5. The predicted molar refractivity (Wildman–Crippen MR) is 126 cm³/mol. The number of halogens is 3. The molecular weight excluding hydrogens is 429 g/mol. The van der Waals surface area contributed by atoms with Crippen LogP contribution in [0.15, 0.2) is 36.4 Å². The van der Waals surface area contributed by atoms with E-state index in [4.69, 9.17) is 4.74 Å². The van der Waals surface area contributed by atoms with Crippen LogP contribution >= 0.6 is 0 Å². The topological polar surface area (TPSA) is 40.6 Å². The van der Waals surface area contributed by atoms with Crippen molar-refractivity contribution in [3.8, 4) is 5.75 Å². The van der Waals surface area contributed by atoms with Gasteiger partial charge in [-0.25, -0.2) is 13.2 Å². The van der Waals surface area contributed by atoms with Crippen LogP contribution in [-0.2, 0) is 0 Å². The van der Waals surface area contributed by atoms with Crippen molar-refractivity contribution >= 4 is 22.3 Å². The van der Waals surface area contributed by atoms with Crippen molar-refractivity contribution in [1.29, 1.82) is 0 Å². The van der Waals surface area contributed by atoms with Gasteiger partial charge in [0.15, 0.2) is 0 Å². The van der Waals surface area contributed by atoms with Crippen LogP contribution in [0.3, 0.4) is 0 Å². The van der Waals surface area contributed by atoms with Gasteiger partial charge in [-0.15, -0.1) is 0 Å². The standard InChI is InChI=1S/C25H29F3N4O/c1-15-12-20(30-16(2)17-6-5-7-18(24(17)26)25(27)28)19-13-22(23(33-4)14-21(19)29-15)32-10-8-31(3)9-11-32/h5-7,12-14,16,25H,8-11H2,1-4H3,(H,29,30). The van der Waals surface area contributed by atoms with Crippen molar-refractivity contribution < 1.29 is 17.9 Å². The van der Waals surface area contributed by atoms with Gasteiger partial charge >= 0.3 is 0 Å². The molecule has 1 saturated heterocycles. The highest BCUT2D eigenvalue weighted by atomic mass is 19.3. The molecule has 176 valence electrons. The summed E-state index contributed by atoms with van der Waals surface area (Å²) in [5.41, 5.74) is 2.90. The molecule has 1 aliphatic heterocycles. The summed E-state index contributed by atoms with van der Waals surface area (Å²) >= 11 is 0. The lowest BCUT2D eigenvalue weighted by molar-refractivity contribution is 0.146. The smallest absolute Gasteiger partial charge is 0.266 e. The molecular formula is C25H29F3N4O. The molecule has 0 saturated carbocycles. The highest BCUT2D eigenvalue weighted by Gasteiger charge is 2.22. The number of benzene rings is 2. The highest BCUT2D eigenvalue weighted by molar-refractivity contribution is 5.96. The third-order valence-electron chi connectivity index (χ3n) is 6.21. The number of pyridine rings is 1. The number of ether oxygens (including phenoxy) is 1. The normalized spacial score (nSPS) is 15.8. The fourth-order valence-corrected chi connectivity index (χ4v) is 4.33. The van der Waals surface area contributed by atoms with Gasteiger partial charge in [0.25, 0.3) is 6.43 Å². The lowest BCUT2D eigenvalue weighted by atomic mass is 10.0. The molecule has 3 aromatic rings. The second-order valence-electron chi connectivity index (χ2n) is 8.56. The maximum absolute atomic E-state index is 14.7. The van der Waals surface area contributed by atoms with Crippen molar-refractivity contribution in [1.82, 2.24) is 9.88 Å². The molecule has 2 heterocycles. The van der Waals surface area contributed by atoms with Gasteiger partial charge in [-0.05, 0) is 33.0 Å². The number of likely N-dealkylation sites (N-methyl/N-ethyl adjacent to an activating group) is 1. The van der Waals surface area contributed by atoms with E-state index in [9.17, 15) is 13.2 Å². The molecule has 5 nitrogen and oxygen atoms in total. The van der Waals surface area contributed by atoms with E-state index in [1.54, 1.807) is 14.0 Å². The molecule has 2 aromatic carbocycles. The number of fused-ring (bicyclic) bond motifs is 1. The van der Waals surface area contributed by atoms with Crippen LogP contribution in [0.25, 0.3) is 10.9 Å². The second-order valence-corrected chi connectivity index (χ2v) is 8.56. The molecule has 1 fully saturated rings. The summed E-state index contributed by atoms with van der Waals surface area (Å²) in [5, 5.41) is 4.20. The minimum atomic E-state index is -2.86. The summed E-state index contributed by atoms with van der Waals surface area (Å²) in [5.74, 6) is -0.123. The first-order chi connectivity index (χ1) is 15.8. The molecule has 0 bridgehead atoms. The highest BCUT2D eigenvalue weighted by Crippen LogP contribution is 2.38. The van der Waals surface area contributed by atoms with Gasteiger partial charge in [0, 0.05) is 54.6 Å². The number of alkyl halides is 2. The van der Waals surface area contributed by atoms with Crippen molar-refractivity contribution in [2.24, 2.45) is 0 Å². The largest absolute Gasteiger partial charge is 0.495 e. The zero-order chi connectivity index (χ0) is 23.7. The number of anilines is 2. The van der Waals surface area contributed by atoms with Crippen LogP contribution in [0.5, 0.6) is 5.75 Å². The number of aromatic nitrogens is 1. The van der Waals surface area contributed by atoms with E-state index in [2.05, 4.69) is 27.1 Å². The molecule has 8 heteroatoms. The number of methoxy groups -OCH3 is 1. The maximum Gasteiger partial charge on any atom is 0.266 e. The van der Waals surface area contributed by atoms with Crippen LogP contribution in [-0.4, -0.2) is 50.2 Å². The molecule has 1 unspecified atom stereocenters. The number of nitrogens with zero attached hydrogens (tertiary/aromatic N) is 3. The van der Waals surface area contributed by atoms with Crippen LogP contribution < -0.4 is 15.0 Å². The fourth-order valence-electron chi connectivity index (χ4n) is 4.33. The number of rotatable bonds is 6. The Morgan fingerprint density at radius 3 is 2.42 bits per heavy atom. The Kier molecular flexibility index (Phi) is 6.65. The van der Waals surface area contributed by atoms with Gasteiger partial charge in [-0.1, -0.05) is 18.2 Å². The molecule has 1 N–H and O–H groups in total. The third-order valence-corrected chi connectivity index (χ3v) is 6.21. The molecule has 4 rings (SSSR count). The number of nitrogens with one attached hydrogen (secondary N) is 1. The molecule has 0 spiro atoms. The van der Waals surface area contributed by atoms with E-state index < -0.39 is 23.8 Å². The third kappa shape index (κ3) is 4.71. The summed E-state index contributed by atoms with van der Waals surface area (Å²) in [6, 6.07) is 9.46. The zero-order valence-electron chi connectivity index (χ0n) is 19.3. The van der Waals surface area contributed by atoms with Gasteiger partial charge in [0.05, 0.1) is 29.9 Å². The Balaban J connectivity index is 1.74. The summed E-state index contributed by atoms with van der Waals surface area (Å²) in [7, 11) is 3.75. The molecule has 0 aliphatic carbocycles. The Bertz CT molecular complexity index is 1150. The number of hydrogen-bond donors (Lipinski definition) is 1. The van der Waals surface area contributed by atoms with E-state index in [0.29, 0.717) is 0 Å². The van der Waals surface area contributed by atoms with Gasteiger partial charge in [-0.2, -0.15) is 0 Å². The second kappa shape index (κ2) is 9.47. The summed E-state index contributed by atoms with van der Waals surface area (Å²) in [6.45, 7) is 7.31. The van der Waals surface area contributed by atoms with E-state index in [0.717, 1.165) is 66.0 Å². The maximum atomic E-state index is 14.7. The molecule has 1 aliphatic rings. The van der Waals surface area contributed by atoms with Crippen molar-refractivity contribution in [2.75, 3.05) is 50.6 Å². The van der Waals surface area contributed by atoms with Crippen molar-refractivity contribution in [3.05, 3.63) is 59.0 Å². The molecule has 1 atom stereocenters. The first-order valence-corrected chi connectivity index (χ1v) is 11.0. The van der Waals surface area contributed by atoms with Gasteiger partial charge in [0.2, 0.25) is 0 Å². The summed E-state index contributed by atoms with van der Waals surface area (Å²) < 4.78 is 46.8. The first-order valence-electron chi connectivity index (χ1n) is 11.0. The Morgan fingerprint density at radius 2 is 1.76 bits per heavy atom. The first kappa shape index (κ1) is 23.2. The van der Waals surface area contributed by atoms with E-state index in [1.165, 1.54) is 12.1 Å². The Hall–Kier alpha value is -3.00. The summed E-state index contributed by atoms with van der Waals surface area (Å²) in [6.07, 6.45) is -2.86. The summed E-state index contributed by atoms with van der Waals surface area (Å²) in [4.78, 5) is 9.23. The van der Waals surface area contributed by atoms with E-state index >= 15 is 0 Å². The monoisotopic (exact) mass is 458 g/mol. The number of aryl methyl sites for hydroxylation is 1. The average Bonchev–Trinajstić information content (AvgIpc) is 2.78. The molecule has 33 heavy (non-hydrogen) atoms. The Labute approximate surface area is 192 Å². The number of piperazine rings is 1.